The molecule has 2 aliphatic carbocycles. The highest BCUT2D eigenvalue weighted by Gasteiger charge is 2.49. The van der Waals surface area contributed by atoms with Gasteiger partial charge in [-0.15, -0.1) is 0 Å². The van der Waals surface area contributed by atoms with Crippen molar-refractivity contribution in [2.45, 2.75) is 58.8 Å². The maximum absolute atomic E-state index is 2.39. The van der Waals surface area contributed by atoms with Crippen molar-refractivity contribution in [3.8, 4) is 0 Å². The van der Waals surface area contributed by atoms with Crippen LogP contribution in [0, 0.1) is 17.3 Å². The average molecular weight is 166 g/mol. The van der Waals surface area contributed by atoms with Gasteiger partial charge in [0.25, 0.3) is 0 Å². The van der Waals surface area contributed by atoms with Gasteiger partial charge in [0, 0.05) is 0 Å². The second kappa shape index (κ2) is 3.05. The molecular formula is C12H22. The molecule has 2 rings (SSSR count). The fourth-order valence-corrected chi connectivity index (χ4v) is 4.02. The highest BCUT2D eigenvalue weighted by molar-refractivity contribution is 5.00. The fourth-order valence-electron chi connectivity index (χ4n) is 4.02. The van der Waals surface area contributed by atoms with Gasteiger partial charge in [0.05, 0.1) is 0 Å². The molecule has 0 aromatic heterocycles. The molecule has 0 spiro atoms. The summed E-state index contributed by atoms with van der Waals surface area (Å²) >= 11 is 0. The fraction of sp³-hybridized carbons (Fsp3) is 1.00. The van der Waals surface area contributed by atoms with Crippen LogP contribution in [-0.2, 0) is 0 Å². The molecule has 0 aromatic rings. The van der Waals surface area contributed by atoms with Crippen molar-refractivity contribution >= 4 is 0 Å². The monoisotopic (exact) mass is 166 g/mol. The van der Waals surface area contributed by atoms with Crippen molar-refractivity contribution < 1.29 is 0 Å². The lowest BCUT2D eigenvalue weighted by molar-refractivity contribution is 0.162. The van der Waals surface area contributed by atoms with Gasteiger partial charge in [-0.05, 0) is 49.4 Å². The summed E-state index contributed by atoms with van der Waals surface area (Å²) in [6.07, 6.45) is 10.6. The molecule has 0 amide bonds. The average Bonchev–Trinajstić information content (AvgIpc) is 2.60. The minimum absolute atomic E-state index is 0.828. The van der Waals surface area contributed by atoms with Crippen LogP contribution < -0.4 is 0 Å². The lowest BCUT2D eigenvalue weighted by atomic mass is 9.71. The normalized spacial score (nSPS) is 45.5. The summed E-state index contributed by atoms with van der Waals surface area (Å²) in [5.41, 5.74) is 0.828. The molecule has 0 N–H and O–H groups in total. The lowest BCUT2D eigenvalue weighted by Crippen LogP contribution is -2.24. The van der Waals surface area contributed by atoms with Crippen LogP contribution in [0.3, 0.4) is 0 Å². The first kappa shape index (κ1) is 8.59. The van der Waals surface area contributed by atoms with E-state index in [4.69, 9.17) is 0 Å². The zero-order chi connectivity index (χ0) is 8.60. The summed E-state index contributed by atoms with van der Waals surface area (Å²) in [6, 6.07) is 0. The van der Waals surface area contributed by atoms with Crippen LogP contribution in [0.2, 0.25) is 0 Å². The third-order valence-corrected chi connectivity index (χ3v) is 4.47. The standard InChI is InChI=1S/C12H22/c1-3-6-12-7-5-10(9-12)8-11(12)4-2/h10-11H,3-9H2,1-2H3. The third-order valence-electron chi connectivity index (χ3n) is 4.47. The first-order chi connectivity index (χ1) is 5.80. The van der Waals surface area contributed by atoms with Crippen molar-refractivity contribution in [1.82, 2.24) is 0 Å². The van der Waals surface area contributed by atoms with Crippen LogP contribution in [0.15, 0.2) is 0 Å². The molecule has 0 aromatic carbocycles. The number of hydrogen-bond acceptors (Lipinski definition) is 0. The van der Waals surface area contributed by atoms with E-state index in [9.17, 15) is 0 Å². The smallest absolute Gasteiger partial charge is 0.0267 e. The Labute approximate surface area is 76.7 Å². The van der Waals surface area contributed by atoms with Crippen LogP contribution in [-0.4, -0.2) is 0 Å². The molecule has 0 heterocycles. The topological polar surface area (TPSA) is 0 Å². The molecule has 2 saturated carbocycles. The van der Waals surface area contributed by atoms with Crippen molar-refractivity contribution in [2.24, 2.45) is 17.3 Å². The summed E-state index contributed by atoms with van der Waals surface area (Å²) in [7, 11) is 0. The predicted octanol–water partition coefficient (Wildman–Crippen LogP) is 4.00. The Balaban J connectivity index is 2.09. The number of rotatable bonds is 3. The maximum atomic E-state index is 2.39. The van der Waals surface area contributed by atoms with E-state index in [-0.39, 0.29) is 0 Å². The van der Waals surface area contributed by atoms with Crippen molar-refractivity contribution in [1.29, 1.82) is 0 Å². The van der Waals surface area contributed by atoms with E-state index in [0.29, 0.717) is 0 Å². The van der Waals surface area contributed by atoms with Crippen LogP contribution in [0.5, 0.6) is 0 Å². The van der Waals surface area contributed by atoms with Gasteiger partial charge in [-0.2, -0.15) is 0 Å². The summed E-state index contributed by atoms with van der Waals surface area (Å²) in [4.78, 5) is 0. The molecule has 0 saturated heterocycles. The largest absolute Gasteiger partial charge is 0.0654 e. The Morgan fingerprint density at radius 1 is 1.33 bits per heavy atom. The predicted molar refractivity (Wildman–Crippen MR) is 53.1 cm³/mol. The molecule has 3 unspecified atom stereocenters. The third kappa shape index (κ3) is 1.11. The highest BCUT2D eigenvalue weighted by Crippen LogP contribution is 2.60. The highest BCUT2D eigenvalue weighted by atomic mass is 14.5. The van der Waals surface area contributed by atoms with Crippen LogP contribution in [0.25, 0.3) is 0 Å². The van der Waals surface area contributed by atoms with Gasteiger partial charge in [0.15, 0.2) is 0 Å². The Morgan fingerprint density at radius 3 is 2.75 bits per heavy atom. The van der Waals surface area contributed by atoms with E-state index in [2.05, 4.69) is 13.8 Å². The maximum Gasteiger partial charge on any atom is -0.0267 e. The van der Waals surface area contributed by atoms with Gasteiger partial charge in [0.1, 0.15) is 0 Å². The van der Waals surface area contributed by atoms with Crippen molar-refractivity contribution in [2.75, 3.05) is 0 Å². The lowest BCUT2D eigenvalue weighted by Gasteiger charge is -2.34. The second-order valence-electron chi connectivity index (χ2n) is 5.06. The van der Waals surface area contributed by atoms with Gasteiger partial charge < -0.3 is 0 Å². The molecular weight excluding hydrogens is 144 g/mol. The molecule has 0 nitrogen and oxygen atoms in total. The van der Waals surface area contributed by atoms with E-state index in [1.54, 1.807) is 25.7 Å². The van der Waals surface area contributed by atoms with E-state index in [1.807, 2.05) is 0 Å². The minimum atomic E-state index is 0.828. The van der Waals surface area contributed by atoms with E-state index >= 15 is 0 Å². The summed E-state index contributed by atoms with van der Waals surface area (Å²) in [5, 5.41) is 0. The Bertz CT molecular complexity index is 161. The summed E-state index contributed by atoms with van der Waals surface area (Å²) < 4.78 is 0. The van der Waals surface area contributed by atoms with E-state index in [0.717, 1.165) is 17.3 Å². The van der Waals surface area contributed by atoms with Gasteiger partial charge in [0.2, 0.25) is 0 Å². The van der Waals surface area contributed by atoms with Gasteiger partial charge in [-0.25, -0.2) is 0 Å². The first-order valence-electron chi connectivity index (χ1n) is 5.80. The Kier molecular flexibility index (Phi) is 2.18. The van der Waals surface area contributed by atoms with E-state index < -0.39 is 0 Å². The van der Waals surface area contributed by atoms with Gasteiger partial charge >= 0.3 is 0 Å². The Hall–Kier alpha value is 0. The SMILES string of the molecule is CCCC12CCC(CC1CC)C2. The number of hydrogen-bond donors (Lipinski definition) is 0. The zero-order valence-electron chi connectivity index (χ0n) is 8.60. The second-order valence-corrected chi connectivity index (χ2v) is 5.06. The molecule has 0 heteroatoms. The first-order valence-corrected chi connectivity index (χ1v) is 5.80. The van der Waals surface area contributed by atoms with Crippen molar-refractivity contribution in [3.63, 3.8) is 0 Å². The molecule has 2 bridgehead atoms. The molecule has 3 atom stereocenters. The van der Waals surface area contributed by atoms with Gasteiger partial charge in [-0.3, -0.25) is 0 Å². The quantitative estimate of drug-likeness (QED) is 0.594. The number of fused-ring (bicyclic) bond motifs is 2. The zero-order valence-corrected chi connectivity index (χ0v) is 8.60. The molecule has 2 fully saturated rings. The molecule has 12 heavy (non-hydrogen) atoms. The minimum Gasteiger partial charge on any atom is -0.0654 e. The summed E-state index contributed by atoms with van der Waals surface area (Å²) in [5.74, 6) is 2.22. The summed E-state index contributed by atoms with van der Waals surface area (Å²) in [6.45, 7) is 4.75. The van der Waals surface area contributed by atoms with E-state index in [1.165, 1.54) is 19.3 Å². The van der Waals surface area contributed by atoms with Gasteiger partial charge in [-0.1, -0.05) is 26.7 Å². The van der Waals surface area contributed by atoms with Crippen LogP contribution in [0.1, 0.15) is 58.8 Å². The molecule has 2 aliphatic rings. The molecule has 70 valence electrons. The van der Waals surface area contributed by atoms with Crippen LogP contribution in [0.4, 0.5) is 0 Å². The van der Waals surface area contributed by atoms with Crippen molar-refractivity contribution in [3.05, 3.63) is 0 Å². The molecule has 0 radical (unpaired) electrons. The van der Waals surface area contributed by atoms with Crippen LogP contribution >= 0.6 is 0 Å². The molecule has 0 aliphatic heterocycles. The Morgan fingerprint density at radius 2 is 2.17 bits per heavy atom.